The van der Waals surface area contributed by atoms with E-state index in [9.17, 15) is 72.4 Å². The zero-order valence-corrected chi connectivity index (χ0v) is 53.3. The number of carbonyl (C=O) groups excluding carboxylic acids is 6. The van der Waals surface area contributed by atoms with E-state index >= 15 is 0 Å². The molecule has 2 aliphatic rings. The number of aromatic hydroxyl groups is 1. The van der Waals surface area contributed by atoms with Gasteiger partial charge in [0, 0.05) is 128 Å². The van der Waals surface area contributed by atoms with Crippen LogP contribution < -0.4 is 48.3 Å². The first-order valence-electron chi connectivity index (χ1n) is 31.1. The number of hydrogen-bond donors (Lipinski definition) is 13. The van der Waals surface area contributed by atoms with Gasteiger partial charge in [0.05, 0.1) is 26.2 Å². The number of aliphatic carboxylic acids is 3. The Morgan fingerprint density at radius 3 is 1.70 bits per heavy atom. The third-order valence-electron chi connectivity index (χ3n) is 15.0. The fourth-order valence-corrected chi connectivity index (χ4v) is 10.4. The summed E-state index contributed by atoms with van der Waals surface area (Å²) in [5, 5.41) is 60.4. The van der Waals surface area contributed by atoms with Crippen molar-refractivity contribution in [2.45, 2.75) is 110 Å². The highest BCUT2D eigenvalue weighted by Gasteiger charge is 2.35. The number of unbranched alkanes of at least 4 members (excludes halogenated alkanes) is 1. The maximum Gasteiger partial charge on any atom is 0.408 e. The second-order valence-electron chi connectivity index (χ2n) is 23.7. The second-order valence-corrected chi connectivity index (χ2v) is 23.7. The lowest BCUT2D eigenvalue weighted by molar-refractivity contribution is -0.140. The summed E-state index contributed by atoms with van der Waals surface area (Å²) < 4.78 is 35.0. The van der Waals surface area contributed by atoms with E-state index in [1.54, 1.807) is 71.6 Å². The number of hydrogen-bond acceptors (Lipinski definition) is 18. The van der Waals surface area contributed by atoms with Crippen LogP contribution in [0.2, 0.25) is 0 Å². The molecule has 1 fully saturated rings. The first-order chi connectivity index (χ1) is 44.2. The third kappa shape index (κ3) is 27.9. The zero-order chi connectivity index (χ0) is 68.0. The smallest absolute Gasteiger partial charge is 0.408 e. The van der Waals surface area contributed by atoms with E-state index in [2.05, 4.69) is 47.5 Å². The monoisotopic (exact) mass is 1310 g/mol. The van der Waals surface area contributed by atoms with Gasteiger partial charge in [0.15, 0.2) is 5.96 Å². The fourth-order valence-electron chi connectivity index (χ4n) is 10.4. The van der Waals surface area contributed by atoms with Crippen LogP contribution in [0.5, 0.6) is 5.75 Å². The first kappa shape index (κ1) is 74.9. The van der Waals surface area contributed by atoms with Gasteiger partial charge in [-0.15, -0.1) is 0 Å². The van der Waals surface area contributed by atoms with Crippen molar-refractivity contribution >= 4 is 65.3 Å². The Kier molecular flexibility index (Phi) is 30.9. The molecule has 3 atom stereocenters. The largest absolute Gasteiger partial charge is 0.508 e. The van der Waals surface area contributed by atoms with Gasteiger partial charge in [0.25, 0.3) is 0 Å². The van der Waals surface area contributed by atoms with Gasteiger partial charge in [0.2, 0.25) is 23.6 Å². The molecule has 7 amide bonds. The van der Waals surface area contributed by atoms with Crippen molar-refractivity contribution in [3.8, 4) is 5.75 Å². The van der Waals surface area contributed by atoms with Crippen molar-refractivity contribution < 1.29 is 77.1 Å². The van der Waals surface area contributed by atoms with Gasteiger partial charge in [-0.05, 0) is 95.0 Å². The number of anilines is 1. The second kappa shape index (κ2) is 38.3. The van der Waals surface area contributed by atoms with Crippen LogP contribution in [0.4, 0.5) is 24.1 Å². The average Bonchev–Trinajstić information content (AvgIpc) is 1.70. The number of amides is 7. The van der Waals surface area contributed by atoms with Crippen LogP contribution in [-0.2, 0) is 57.9 Å². The number of halogens is 2. The summed E-state index contributed by atoms with van der Waals surface area (Å²) in [6, 6.07) is 12.5. The molecule has 31 heteroatoms. The summed E-state index contributed by atoms with van der Waals surface area (Å²) >= 11 is 0. The Bertz CT molecular complexity index is 2970. The molecule has 0 aromatic heterocycles. The zero-order valence-electron chi connectivity index (χ0n) is 53.3. The van der Waals surface area contributed by atoms with E-state index in [0.717, 1.165) is 11.1 Å². The summed E-state index contributed by atoms with van der Waals surface area (Å²) in [7, 11) is 0. The van der Waals surface area contributed by atoms with Crippen LogP contribution in [0.3, 0.4) is 0 Å². The van der Waals surface area contributed by atoms with Crippen molar-refractivity contribution in [1.82, 2.24) is 61.7 Å². The Morgan fingerprint density at radius 2 is 1.15 bits per heavy atom. The van der Waals surface area contributed by atoms with Crippen LogP contribution in [0.25, 0.3) is 0 Å². The maximum atomic E-state index is 14.8. The number of ether oxygens (including phenoxy) is 1. The van der Waals surface area contributed by atoms with Gasteiger partial charge in [0.1, 0.15) is 41.1 Å². The molecule has 2 aliphatic heterocycles. The predicted octanol–water partition coefficient (Wildman–Crippen LogP) is 1.52. The molecule has 2 heterocycles. The lowest BCUT2D eigenvalue weighted by Crippen LogP contribution is -2.50. The van der Waals surface area contributed by atoms with Crippen molar-refractivity contribution in [1.29, 1.82) is 0 Å². The van der Waals surface area contributed by atoms with Gasteiger partial charge in [-0.2, -0.15) is 0 Å². The standard InChI is InChI=1S/C62H91F2N15O14/c1-5-66-60(91)74-59(65)70-20-11-18-49(57(89)71-34-46-47(63)32-45(80)33-48(46)64)72-58(90)55(79-35-42-13-6-7-14-43(42)36-79)41-15-10-16-44(31-41)67-21-12-22-69-56(88)50(73-61(92)93-62(2,3)4)17-8-9-19-68-51(81)37-75-23-25-76(38-52(82)83)27-29-78(40-54(86)87)30-28-77(26-24-75)39-53(84)85/h6-7,10,13-16,31-33,49-50,55,67,80H,5,8-9,11-12,17-30,34-40H2,1-4H3,(H,68,81)(H,69,88)(H,71,89)(H,72,90)(H,73,92)(H,82,83)(H,84,85)(H,86,87)(H4,65,66,70,74,91)/t49-,50-,55+/m1/s1. The number of guanidine groups is 1. The maximum absolute atomic E-state index is 14.8. The van der Waals surface area contributed by atoms with E-state index in [1.807, 2.05) is 29.2 Å². The van der Waals surface area contributed by atoms with E-state index < -0.39 is 101 Å². The Hall–Kier alpha value is -8.78. The number of alkyl carbamates (subject to hydrolysis) is 1. The molecule has 14 N–H and O–H groups in total. The Labute approximate surface area is 539 Å². The molecule has 5 rings (SSSR count). The molecule has 3 aromatic carbocycles. The number of carboxylic acids is 3. The van der Waals surface area contributed by atoms with Crippen LogP contribution in [0, 0.1) is 11.6 Å². The third-order valence-corrected chi connectivity index (χ3v) is 15.0. The molecular weight excluding hydrogens is 1220 g/mol. The predicted molar refractivity (Wildman–Crippen MR) is 339 cm³/mol. The topological polar surface area (TPSA) is 395 Å². The van der Waals surface area contributed by atoms with Crippen LogP contribution in [0.15, 0.2) is 65.7 Å². The molecule has 0 saturated carbocycles. The number of urea groups is 1. The number of nitrogens with one attached hydrogen (secondary N) is 8. The molecule has 512 valence electrons. The number of phenolic OH excluding ortho intramolecular Hbond substituents is 1. The summed E-state index contributed by atoms with van der Waals surface area (Å²) in [6.07, 6.45) is 0.776. The van der Waals surface area contributed by atoms with Gasteiger partial charge >= 0.3 is 30.0 Å². The number of benzene rings is 3. The summed E-state index contributed by atoms with van der Waals surface area (Å²) in [6.45, 7) is 9.04. The van der Waals surface area contributed by atoms with E-state index in [0.29, 0.717) is 68.8 Å². The quantitative estimate of drug-likeness (QED) is 0.0239. The number of rotatable bonds is 32. The van der Waals surface area contributed by atoms with Crippen molar-refractivity contribution in [2.24, 2.45) is 10.7 Å². The minimum atomic E-state index is -1.25. The van der Waals surface area contributed by atoms with Crippen LogP contribution >= 0.6 is 0 Å². The number of fused-ring (bicyclic) bond motifs is 1. The lowest BCUT2D eigenvalue weighted by atomic mass is 10.0. The Morgan fingerprint density at radius 1 is 0.624 bits per heavy atom. The number of aliphatic imine (C=N–C) groups is 1. The fraction of sp³-hybridized carbons (Fsp3) is 0.548. The minimum absolute atomic E-state index is 0.0108. The number of carboxylic acid groups (broad SMARTS) is 3. The molecule has 1 saturated heterocycles. The molecule has 0 aliphatic carbocycles. The highest BCUT2D eigenvalue weighted by molar-refractivity contribution is 5.95. The van der Waals surface area contributed by atoms with Gasteiger partial charge in [-0.3, -0.25) is 68.4 Å². The van der Waals surface area contributed by atoms with Crippen molar-refractivity contribution in [2.75, 3.05) is 117 Å². The molecule has 29 nitrogen and oxygen atoms in total. The highest BCUT2D eigenvalue weighted by Crippen LogP contribution is 2.33. The molecule has 0 bridgehead atoms. The molecule has 0 unspecified atom stereocenters. The number of phenols is 1. The number of carbonyl (C=O) groups is 9. The minimum Gasteiger partial charge on any atom is -0.508 e. The molecule has 0 radical (unpaired) electrons. The van der Waals surface area contributed by atoms with Gasteiger partial charge in [-0.25, -0.2) is 18.4 Å². The number of nitrogens with two attached hydrogens (primary N) is 1. The normalized spacial score (nSPS) is 15.8. The number of nitrogens with zero attached hydrogens (tertiary/aromatic N) is 6. The van der Waals surface area contributed by atoms with Crippen LogP contribution in [0.1, 0.15) is 94.5 Å². The van der Waals surface area contributed by atoms with E-state index in [4.69, 9.17) is 10.5 Å². The van der Waals surface area contributed by atoms with E-state index in [1.165, 1.54) is 0 Å². The van der Waals surface area contributed by atoms with Crippen molar-refractivity contribution in [3.05, 3.63) is 94.6 Å². The SMILES string of the molecule is CCNC(=O)NC(N)=NCCC[C@@H](NC(=O)[C@H](c1cccc(NCCCNC(=O)[C@@H](CCCCNC(=O)CN2CCN(CC(=O)O)CCN(CC(=O)O)CCN(CC(=O)O)CC2)NC(=O)OC(C)(C)C)c1)N1Cc2ccccc2C1)C(=O)NCc1c(F)cc(O)cc1F. The molecule has 93 heavy (non-hydrogen) atoms. The molecule has 3 aromatic rings. The van der Waals surface area contributed by atoms with Crippen LogP contribution in [-0.4, -0.2) is 233 Å². The summed E-state index contributed by atoms with van der Waals surface area (Å²) in [5.74, 6) is -8.31. The average molecular weight is 1310 g/mol. The Balaban J connectivity index is 1.20. The molecule has 0 spiro atoms. The highest BCUT2D eigenvalue weighted by atomic mass is 19.1. The summed E-state index contributed by atoms with van der Waals surface area (Å²) in [5.41, 5.74) is 7.70. The summed E-state index contributed by atoms with van der Waals surface area (Å²) in [4.78, 5) is 129. The van der Waals surface area contributed by atoms with E-state index in [-0.39, 0.29) is 129 Å². The van der Waals surface area contributed by atoms with Gasteiger partial charge < -0.3 is 68.1 Å². The van der Waals surface area contributed by atoms with Crippen molar-refractivity contribution in [3.63, 3.8) is 0 Å². The first-order valence-corrected chi connectivity index (χ1v) is 31.1. The molecular formula is C62H91F2N15O14. The lowest BCUT2D eigenvalue weighted by Gasteiger charge is -2.32. The van der Waals surface area contributed by atoms with Gasteiger partial charge in [-0.1, -0.05) is 36.4 Å².